The zero-order valence-corrected chi connectivity index (χ0v) is 7.29. The first-order valence-corrected chi connectivity index (χ1v) is 4.11. The summed E-state index contributed by atoms with van der Waals surface area (Å²) in [6.07, 6.45) is 0.264. The molecule has 1 saturated heterocycles. The summed E-state index contributed by atoms with van der Waals surface area (Å²) >= 11 is 0. The molecule has 0 aliphatic carbocycles. The predicted octanol–water partition coefficient (Wildman–Crippen LogP) is 0.0741. The molecule has 1 fully saturated rings. The molecule has 0 aromatic rings. The van der Waals surface area contributed by atoms with Crippen LogP contribution in [0.2, 0.25) is 0 Å². The number of esters is 1. The van der Waals surface area contributed by atoms with Gasteiger partial charge in [-0.2, -0.15) is 0 Å². The maximum Gasteiger partial charge on any atom is 0.311 e. The second kappa shape index (κ2) is 3.56. The Balaban J connectivity index is 2.52. The standard InChI is InChI=1S/C8H13NO3/c1-3-12-8(11)6-4-7(10)9-5(6)2/h5-6H,3-4H2,1-2H3,(H,9,10)/t5-,6+/m0/s1. The van der Waals surface area contributed by atoms with Gasteiger partial charge in [-0.25, -0.2) is 0 Å². The Hall–Kier alpha value is -1.06. The average Bonchev–Trinajstić information content (AvgIpc) is 2.30. The molecule has 0 saturated carbocycles. The minimum absolute atomic E-state index is 0.0689. The Kier molecular flexibility index (Phi) is 2.68. The molecule has 12 heavy (non-hydrogen) atoms. The zero-order valence-electron chi connectivity index (χ0n) is 7.29. The number of nitrogens with one attached hydrogen (secondary N) is 1. The third-order valence-electron chi connectivity index (χ3n) is 1.99. The van der Waals surface area contributed by atoms with E-state index in [2.05, 4.69) is 5.32 Å². The maximum absolute atomic E-state index is 11.2. The molecule has 0 bridgehead atoms. The molecule has 0 radical (unpaired) electrons. The van der Waals surface area contributed by atoms with Gasteiger partial charge in [-0.1, -0.05) is 0 Å². The number of hydrogen-bond acceptors (Lipinski definition) is 3. The highest BCUT2D eigenvalue weighted by molar-refractivity contribution is 5.87. The molecule has 4 nitrogen and oxygen atoms in total. The van der Waals surface area contributed by atoms with Crippen LogP contribution in [0.3, 0.4) is 0 Å². The van der Waals surface area contributed by atoms with Gasteiger partial charge in [0.1, 0.15) is 0 Å². The van der Waals surface area contributed by atoms with Crippen molar-refractivity contribution < 1.29 is 14.3 Å². The Bertz CT molecular complexity index is 202. The molecule has 0 unspecified atom stereocenters. The van der Waals surface area contributed by atoms with Crippen molar-refractivity contribution in [2.24, 2.45) is 5.92 Å². The van der Waals surface area contributed by atoms with Crippen LogP contribution >= 0.6 is 0 Å². The molecule has 4 heteroatoms. The van der Waals surface area contributed by atoms with E-state index in [-0.39, 0.29) is 30.3 Å². The van der Waals surface area contributed by atoms with E-state index in [4.69, 9.17) is 4.74 Å². The van der Waals surface area contributed by atoms with Crippen LogP contribution in [0, 0.1) is 5.92 Å². The minimum Gasteiger partial charge on any atom is -0.466 e. The molecule has 68 valence electrons. The molecular weight excluding hydrogens is 158 g/mol. The minimum atomic E-state index is -0.294. The lowest BCUT2D eigenvalue weighted by Crippen LogP contribution is -2.30. The summed E-state index contributed by atoms with van der Waals surface area (Å²) in [7, 11) is 0. The highest BCUT2D eigenvalue weighted by Gasteiger charge is 2.35. The number of amides is 1. The number of hydrogen-bond donors (Lipinski definition) is 1. The van der Waals surface area contributed by atoms with E-state index in [0.29, 0.717) is 6.61 Å². The number of carbonyl (C=O) groups is 2. The van der Waals surface area contributed by atoms with Crippen LogP contribution in [0.1, 0.15) is 20.3 Å². The van der Waals surface area contributed by atoms with E-state index in [0.717, 1.165) is 0 Å². The topological polar surface area (TPSA) is 55.4 Å². The highest BCUT2D eigenvalue weighted by Crippen LogP contribution is 2.17. The molecule has 2 atom stereocenters. The lowest BCUT2D eigenvalue weighted by atomic mass is 10.0. The Morgan fingerprint density at radius 3 is 2.83 bits per heavy atom. The maximum atomic E-state index is 11.2. The number of carbonyl (C=O) groups excluding carboxylic acids is 2. The summed E-state index contributed by atoms with van der Waals surface area (Å²) in [5.74, 6) is -0.638. The monoisotopic (exact) mass is 171 g/mol. The second-order valence-electron chi connectivity index (χ2n) is 2.92. The van der Waals surface area contributed by atoms with E-state index in [1.165, 1.54) is 0 Å². The van der Waals surface area contributed by atoms with Gasteiger partial charge in [-0.3, -0.25) is 9.59 Å². The molecule has 0 spiro atoms. The van der Waals surface area contributed by atoms with E-state index in [1.807, 2.05) is 6.92 Å². The fraction of sp³-hybridized carbons (Fsp3) is 0.750. The molecule has 1 aliphatic heterocycles. The van der Waals surface area contributed by atoms with E-state index in [1.54, 1.807) is 6.92 Å². The van der Waals surface area contributed by atoms with Crippen molar-refractivity contribution in [1.29, 1.82) is 0 Å². The van der Waals surface area contributed by atoms with Crippen LogP contribution in [0.5, 0.6) is 0 Å². The molecule has 1 N–H and O–H groups in total. The molecule has 1 amide bonds. The van der Waals surface area contributed by atoms with Gasteiger partial charge in [-0.15, -0.1) is 0 Å². The highest BCUT2D eigenvalue weighted by atomic mass is 16.5. The summed E-state index contributed by atoms with van der Waals surface area (Å²) < 4.78 is 4.81. The molecule has 0 aromatic heterocycles. The van der Waals surface area contributed by atoms with Crippen molar-refractivity contribution in [1.82, 2.24) is 5.32 Å². The fourth-order valence-corrected chi connectivity index (χ4v) is 1.33. The van der Waals surface area contributed by atoms with Gasteiger partial charge in [0.05, 0.1) is 12.5 Å². The second-order valence-corrected chi connectivity index (χ2v) is 2.92. The first-order chi connectivity index (χ1) is 5.65. The van der Waals surface area contributed by atoms with Gasteiger partial charge >= 0.3 is 5.97 Å². The summed E-state index contributed by atoms with van der Waals surface area (Å²) in [6, 6.07) is -0.0865. The third kappa shape index (κ3) is 1.75. The van der Waals surface area contributed by atoms with E-state index >= 15 is 0 Å². The van der Waals surface area contributed by atoms with Gasteiger partial charge in [0.25, 0.3) is 0 Å². The molecule has 1 rings (SSSR count). The molecule has 1 aliphatic rings. The van der Waals surface area contributed by atoms with Crippen LogP contribution in [-0.2, 0) is 14.3 Å². The fourth-order valence-electron chi connectivity index (χ4n) is 1.33. The number of rotatable bonds is 2. The van der Waals surface area contributed by atoms with Crippen molar-refractivity contribution in [3.63, 3.8) is 0 Å². The van der Waals surface area contributed by atoms with Crippen LogP contribution in [0.4, 0.5) is 0 Å². The first-order valence-electron chi connectivity index (χ1n) is 4.11. The van der Waals surface area contributed by atoms with Crippen molar-refractivity contribution in [2.45, 2.75) is 26.3 Å². The SMILES string of the molecule is CCOC(=O)[C@@H]1CC(=O)N[C@H]1C. The van der Waals surface area contributed by atoms with Crippen molar-refractivity contribution in [3.8, 4) is 0 Å². The molecular formula is C8H13NO3. The van der Waals surface area contributed by atoms with Crippen molar-refractivity contribution in [3.05, 3.63) is 0 Å². The third-order valence-corrected chi connectivity index (χ3v) is 1.99. The smallest absolute Gasteiger partial charge is 0.311 e. The largest absolute Gasteiger partial charge is 0.466 e. The lowest BCUT2D eigenvalue weighted by Gasteiger charge is -2.11. The Morgan fingerprint density at radius 1 is 1.75 bits per heavy atom. The Labute approximate surface area is 71.3 Å². The van der Waals surface area contributed by atoms with Crippen molar-refractivity contribution in [2.75, 3.05) is 6.61 Å². The van der Waals surface area contributed by atoms with Crippen LogP contribution in [0.25, 0.3) is 0 Å². The lowest BCUT2D eigenvalue weighted by molar-refractivity contribution is -0.148. The van der Waals surface area contributed by atoms with Gasteiger partial charge < -0.3 is 10.1 Å². The quantitative estimate of drug-likeness (QED) is 0.598. The summed E-state index contributed by atoms with van der Waals surface area (Å²) in [5.41, 5.74) is 0. The predicted molar refractivity (Wildman–Crippen MR) is 42.3 cm³/mol. The van der Waals surface area contributed by atoms with Gasteiger partial charge in [-0.05, 0) is 13.8 Å². The zero-order chi connectivity index (χ0) is 9.14. The summed E-state index contributed by atoms with van der Waals surface area (Å²) in [5, 5.41) is 2.67. The summed E-state index contributed by atoms with van der Waals surface area (Å²) in [6.45, 7) is 3.94. The van der Waals surface area contributed by atoms with Crippen LogP contribution in [-0.4, -0.2) is 24.5 Å². The van der Waals surface area contributed by atoms with Crippen LogP contribution in [0.15, 0.2) is 0 Å². The van der Waals surface area contributed by atoms with Gasteiger partial charge in [0, 0.05) is 12.5 Å². The number of ether oxygens (including phenoxy) is 1. The van der Waals surface area contributed by atoms with E-state index in [9.17, 15) is 9.59 Å². The van der Waals surface area contributed by atoms with E-state index < -0.39 is 0 Å². The molecule has 1 heterocycles. The van der Waals surface area contributed by atoms with Crippen LogP contribution < -0.4 is 5.32 Å². The van der Waals surface area contributed by atoms with Crippen molar-refractivity contribution >= 4 is 11.9 Å². The average molecular weight is 171 g/mol. The Morgan fingerprint density at radius 2 is 2.42 bits per heavy atom. The molecule has 0 aromatic carbocycles. The van der Waals surface area contributed by atoms with Gasteiger partial charge in [0.15, 0.2) is 0 Å². The summed E-state index contributed by atoms with van der Waals surface area (Å²) in [4.78, 5) is 22.0. The van der Waals surface area contributed by atoms with Gasteiger partial charge in [0.2, 0.25) is 5.91 Å². The normalized spacial score (nSPS) is 28.3. The first kappa shape index (κ1) is 9.03.